The number of hydrogen-bond donors (Lipinski definition) is 2. The van der Waals surface area contributed by atoms with Crippen molar-refractivity contribution in [3.63, 3.8) is 0 Å². The van der Waals surface area contributed by atoms with Crippen LogP contribution in [0.1, 0.15) is 30.0 Å². The molecule has 1 amide bonds. The number of nitrogens with zero attached hydrogens (tertiary/aromatic N) is 2. The van der Waals surface area contributed by atoms with Gasteiger partial charge in [0.1, 0.15) is 5.82 Å². The summed E-state index contributed by atoms with van der Waals surface area (Å²) in [6, 6.07) is 13.5. The lowest BCUT2D eigenvalue weighted by Crippen LogP contribution is -2.14. The van der Waals surface area contributed by atoms with E-state index in [1.165, 1.54) is 0 Å². The Morgan fingerprint density at radius 3 is 2.70 bits per heavy atom. The molecule has 0 fully saturated rings. The molecule has 4 rings (SSSR count). The van der Waals surface area contributed by atoms with E-state index in [9.17, 15) is 18.0 Å². The number of nitrogens with one attached hydrogen (secondary N) is 2. The zero-order valence-electron chi connectivity index (χ0n) is 17.6. The molecule has 2 aromatic carbocycles. The first-order chi connectivity index (χ1) is 15.7. The second kappa shape index (κ2) is 9.23. The Bertz CT molecular complexity index is 1320. The number of aromatic nitrogens is 3. The van der Waals surface area contributed by atoms with Crippen LogP contribution in [0.15, 0.2) is 54.7 Å². The van der Waals surface area contributed by atoms with Crippen LogP contribution in [0.2, 0.25) is 5.02 Å². The maximum absolute atomic E-state index is 13.0. The first-order valence-corrected chi connectivity index (χ1v) is 10.7. The van der Waals surface area contributed by atoms with Crippen LogP contribution in [0.25, 0.3) is 22.6 Å². The third-order valence-corrected chi connectivity index (χ3v) is 5.32. The van der Waals surface area contributed by atoms with Crippen LogP contribution in [0.4, 0.5) is 18.9 Å². The van der Waals surface area contributed by atoms with E-state index in [1.807, 2.05) is 19.1 Å². The van der Waals surface area contributed by atoms with Gasteiger partial charge in [-0.25, -0.2) is 9.97 Å². The number of halogens is 4. The number of rotatable bonds is 6. The predicted molar refractivity (Wildman–Crippen MR) is 122 cm³/mol. The Hall–Kier alpha value is -3.39. The molecular formula is C24H20ClF3N4O. The highest BCUT2D eigenvalue weighted by molar-refractivity contribution is 6.30. The Kier molecular flexibility index (Phi) is 6.37. The normalized spacial score (nSPS) is 11.7. The number of benzene rings is 2. The molecule has 0 aliphatic carbocycles. The van der Waals surface area contributed by atoms with Gasteiger partial charge in [0.2, 0.25) is 5.91 Å². The molecule has 33 heavy (non-hydrogen) atoms. The number of pyridine rings is 1. The summed E-state index contributed by atoms with van der Waals surface area (Å²) < 4.78 is 39.1. The fourth-order valence-electron chi connectivity index (χ4n) is 3.58. The van der Waals surface area contributed by atoms with Gasteiger partial charge in [-0.2, -0.15) is 13.2 Å². The topological polar surface area (TPSA) is 70.7 Å². The lowest BCUT2D eigenvalue weighted by Gasteiger charge is -2.11. The molecule has 2 heterocycles. The van der Waals surface area contributed by atoms with E-state index in [0.29, 0.717) is 22.1 Å². The molecular weight excluding hydrogens is 453 g/mol. The minimum Gasteiger partial charge on any atom is -0.337 e. The molecule has 5 nitrogen and oxygen atoms in total. The lowest BCUT2D eigenvalue weighted by molar-refractivity contribution is -0.137. The van der Waals surface area contributed by atoms with Gasteiger partial charge in [-0.3, -0.25) is 4.79 Å². The minimum absolute atomic E-state index is 0.154. The van der Waals surface area contributed by atoms with Crippen molar-refractivity contribution < 1.29 is 18.0 Å². The molecule has 0 bridgehead atoms. The Balaban J connectivity index is 1.64. The number of carbonyl (C=O) groups is 1. The number of carbonyl (C=O) groups excluding carboxylic acids is 1. The zero-order chi connectivity index (χ0) is 23.6. The summed E-state index contributed by atoms with van der Waals surface area (Å²) in [6.45, 7) is 2.03. The molecule has 0 unspecified atom stereocenters. The van der Waals surface area contributed by atoms with Crippen molar-refractivity contribution in [2.45, 2.75) is 32.4 Å². The van der Waals surface area contributed by atoms with E-state index < -0.39 is 11.7 Å². The number of aryl methyl sites for hydroxylation is 1. The molecule has 0 saturated heterocycles. The van der Waals surface area contributed by atoms with E-state index in [-0.39, 0.29) is 23.5 Å². The molecule has 0 spiro atoms. The number of amides is 1. The van der Waals surface area contributed by atoms with E-state index in [1.54, 1.807) is 30.3 Å². The number of alkyl halides is 3. The van der Waals surface area contributed by atoms with E-state index >= 15 is 0 Å². The molecule has 0 saturated carbocycles. The van der Waals surface area contributed by atoms with Gasteiger partial charge in [0.15, 0.2) is 5.65 Å². The number of hydrogen-bond acceptors (Lipinski definition) is 3. The monoisotopic (exact) mass is 472 g/mol. The molecule has 0 atom stereocenters. The average Bonchev–Trinajstić information content (AvgIpc) is 3.17. The third-order valence-electron chi connectivity index (χ3n) is 5.09. The van der Waals surface area contributed by atoms with Crippen LogP contribution in [0, 0.1) is 0 Å². The number of fused-ring (bicyclic) bond motifs is 1. The summed E-state index contributed by atoms with van der Waals surface area (Å²) in [4.78, 5) is 23.7. The number of aromatic amines is 1. The molecule has 2 N–H and O–H groups in total. The summed E-state index contributed by atoms with van der Waals surface area (Å²) in [5.74, 6) is 0.179. The van der Waals surface area contributed by atoms with Crippen LogP contribution < -0.4 is 5.32 Å². The average molecular weight is 473 g/mol. The van der Waals surface area contributed by atoms with Gasteiger partial charge in [0, 0.05) is 22.5 Å². The minimum atomic E-state index is -4.49. The summed E-state index contributed by atoms with van der Waals surface area (Å²) in [5, 5.41) is 3.42. The summed E-state index contributed by atoms with van der Waals surface area (Å²) in [6.07, 6.45) is -1.96. The largest absolute Gasteiger partial charge is 0.417 e. The molecule has 170 valence electrons. The Morgan fingerprint density at radius 2 is 1.97 bits per heavy atom. The number of anilines is 1. The standard InChI is InChI=1S/C24H20ClF3N4O/c1-2-4-15-7-8-18(30-21(33)10-14-5-3-6-17(25)9-14)12-19(15)22-31-20-11-16(24(26,27)28)13-29-23(20)32-22/h3,5-9,11-13H,2,4,10H2,1H3,(H,30,33)(H,29,31,32). The zero-order valence-corrected chi connectivity index (χ0v) is 18.4. The van der Waals surface area contributed by atoms with Crippen LogP contribution in [0.3, 0.4) is 0 Å². The van der Waals surface area contributed by atoms with Crippen LogP contribution in [-0.4, -0.2) is 20.9 Å². The van der Waals surface area contributed by atoms with Gasteiger partial charge >= 0.3 is 6.18 Å². The maximum atomic E-state index is 13.0. The molecule has 0 aliphatic rings. The van der Waals surface area contributed by atoms with Crippen molar-refractivity contribution in [1.82, 2.24) is 15.0 Å². The van der Waals surface area contributed by atoms with Crippen molar-refractivity contribution in [1.29, 1.82) is 0 Å². The van der Waals surface area contributed by atoms with Crippen LogP contribution in [-0.2, 0) is 23.8 Å². The highest BCUT2D eigenvalue weighted by Crippen LogP contribution is 2.32. The fraction of sp³-hybridized carbons (Fsp3) is 0.208. The second-order valence-electron chi connectivity index (χ2n) is 7.66. The molecule has 0 radical (unpaired) electrons. The third kappa shape index (κ3) is 5.34. The SMILES string of the molecule is CCCc1ccc(NC(=O)Cc2cccc(Cl)c2)cc1-c1nc2ncc(C(F)(F)F)cc2[nH]1. The highest BCUT2D eigenvalue weighted by atomic mass is 35.5. The van der Waals surface area contributed by atoms with E-state index in [4.69, 9.17) is 11.6 Å². The van der Waals surface area contributed by atoms with E-state index in [0.717, 1.165) is 36.2 Å². The van der Waals surface area contributed by atoms with Gasteiger partial charge in [-0.1, -0.05) is 43.1 Å². The smallest absolute Gasteiger partial charge is 0.337 e. The first-order valence-electron chi connectivity index (χ1n) is 10.3. The van der Waals surface area contributed by atoms with Crippen molar-refractivity contribution in [3.8, 4) is 11.4 Å². The predicted octanol–water partition coefficient (Wildman–Crippen LogP) is 6.43. The lowest BCUT2D eigenvalue weighted by atomic mass is 10.0. The van der Waals surface area contributed by atoms with Crippen molar-refractivity contribution in [3.05, 3.63) is 76.4 Å². The Morgan fingerprint density at radius 1 is 1.15 bits per heavy atom. The van der Waals surface area contributed by atoms with Gasteiger partial charge in [0.05, 0.1) is 17.5 Å². The van der Waals surface area contributed by atoms with Gasteiger partial charge in [-0.15, -0.1) is 0 Å². The van der Waals surface area contributed by atoms with Crippen LogP contribution >= 0.6 is 11.6 Å². The van der Waals surface area contributed by atoms with E-state index in [2.05, 4.69) is 20.3 Å². The van der Waals surface area contributed by atoms with Gasteiger partial charge in [0.25, 0.3) is 0 Å². The first kappa shape index (κ1) is 22.8. The molecule has 4 aromatic rings. The summed E-state index contributed by atoms with van der Waals surface area (Å²) in [5.41, 5.74) is 2.53. The van der Waals surface area contributed by atoms with Gasteiger partial charge < -0.3 is 10.3 Å². The van der Waals surface area contributed by atoms with Gasteiger partial charge in [-0.05, 0) is 47.9 Å². The van der Waals surface area contributed by atoms with Crippen molar-refractivity contribution in [2.24, 2.45) is 0 Å². The fourth-order valence-corrected chi connectivity index (χ4v) is 3.80. The quantitative estimate of drug-likeness (QED) is 0.339. The highest BCUT2D eigenvalue weighted by Gasteiger charge is 2.31. The summed E-state index contributed by atoms with van der Waals surface area (Å²) in [7, 11) is 0. The Labute approximate surface area is 193 Å². The maximum Gasteiger partial charge on any atom is 0.417 e. The number of H-pyrrole nitrogens is 1. The second-order valence-corrected chi connectivity index (χ2v) is 8.09. The molecule has 0 aliphatic heterocycles. The summed E-state index contributed by atoms with van der Waals surface area (Å²) >= 11 is 5.98. The van der Waals surface area contributed by atoms with Crippen molar-refractivity contribution in [2.75, 3.05) is 5.32 Å². The van der Waals surface area contributed by atoms with Crippen LogP contribution in [0.5, 0.6) is 0 Å². The molecule has 9 heteroatoms. The number of imidazole rings is 1. The molecule has 2 aromatic heterocycles. The van der Waals surface area contributed by atoms with Crippen molar-refractivity contribution >= 4 is 34.4 Å².